The van der Waals surface area contributed by atoms with E-state index in [9.17, 15) is 9.90 Å². The second-order valence-electron chi connectivity index (χ2n) is 4.46. The number of aliphatic hydroxyl groups is 1. The quantitative estimate of drug-likeness (QED) is 0.768. The molecule has 2 aliphatic rings. The normalized spacial score (nSPS) is 22.8. The van der Waals surface area contributed by atoms with Crippen LogP contribution in [0.2, 0.25) is 0 Å². The summed E-state index contributed by atoms with van der Waals surface area (Å²) in [5.74, 6) is -1.10. The maximum absolute atomic E-state index is 11.7. The first-order chi connectivity index (χ1) is 8.16. The summed E-state index contributed by atoms with van der Waals surface area (Å²) in [5, 5.41) is 9.37. The predicted molar refractivity (Wildman–Crippen MR) is 61.1 cm³/mol. The Morgan fingerprint density at radius 3 is 2.76 bits per heavy atom. The summed E-state index contributed by atoms with van der Waals surface area (Å²) in [7, 11) is 0. The first kappa shape index (κ1) is 10.2. The van der Waals surface area contributed by atoms with Crippen LogP contribution in [-0.4, -0.2) is 10.9 Å². The highest BCUT2D eigenvalue weighted by Gasteiger charge is 2.35. The van der Waals surface area contributed by atoms with Gasteiger partial charge in [-0.05, 0) is 30.4 Å². The first-order valence-corrected chi connectivity index (χ1v) is 5.68. The summed E-state index contributed by atoms with van der Waals surface area (Å²) in [5.41, 5.74) is 8.77. The van der Waals surface area contributed by atoms with Crippen LogP contribution in [0.15, 0.2) is 29.8 Å². The standard InChI is InChI=1S/C13H13NO3/c14-13-11(16)10(15)12(17-13)9-5-4-7-2-1-3-8(7)6-9/h4-6,12,16H,1-3,14H2/t12-/m0/s1. The molecule has 4 nitrogen and oxygen atoms in total. The SMILES string of the molecule is NC1=C(O)C(=O)[C@H](c2ccc3c(c2)CCC3)O1. The average molecular weight is 231 g/mol. The monoisotopic (exact) mass is 231 g/mol. The van der Waals surface area contributed by atoms with Gasteiger partial charge in [0.05, 0.1) is 0 Å². The molecule has 3 N–H and O–H groups in total. The van der Waals surface area contributed by atoms with E-state index >= 15 is 0 Å². The number of carbonyl (C=O) groups is 1. The number of carbonyl (C=O) groups excluding carboxylic acids is 1. The lowest BCUT2D eigenvalue weighted by atomic mass is 10.0. The van der Waals surface area contributed by atoms with Crippen LogP contribution in [0.25, 0.3) is 0 Å². The number of Topliss-reactive ketones (excluding diaryl/α,β-unsaturated/α-hetero) is 1. The smallest absolute Gasteiger partial charge is 0.247 e. The van der Waals surface area contributed by atoms with Gasteiger partial charge in [-0.1, -0.05) is 18.2 Å². The van der Waals surface area contributed by atoms with Gasteiger partial charge >= 0.3 is 0 Å². The largest absolute Gasteiger partial charge is 0.501 e. The topological polar surface area (TPSA) is 72.5 Å². The molecule has 0 fully saturated rings. The van der Waals surface area contributed by atoms with Crippen LogP contribution < -0.4 is 5.73 Å². The van der Waals surface area contributed by atoms with Crippen molar-refractivity contribution in [2.24, 2.45) is 5.73 Å². The summed E-state index contributed by atoms with van der Waals surface area (Å²) in [6.45, 7) is 0. The minimum Gasteiger partial charge on any atom is -0.501 e. The molecule has 1 aliphatic heterocycles. The Morgan fingerprint density at radius 1 is 1.29 bits per heavy atom. The Kier molecular flexibility index (Phi) is 2.11. The van der Waals surface area contributed by atoms with Crippen LogP contribution in [0, 0.1) is 0 Å². The predicted octanol–water partition coefficient (Wildman–Crippen LogP) is 1.50. The van der Waals surface area contributed by atoms with Crippen LogP contribution in [0.1, 0.15) is 29.2 Å². The van der Waals surface area contributed by atoms with Gasteiger partial charge in [0.15, 0.2) is 6.10 Å². The molecule has 0 radical (unpaired) electrons. The number of ether oxygens (including phenoxy) is 1. The number of aliphatic hydroxyl groups excluding tert-OH is 1. The van der Waals surface area contributed by atoms with Crippen molar-refractivity contribution in [2.75, 3.05) is 0 Å². The van der Waals surface area contributed by atoms with E-state index in [0.717, 1.165) is 24.8 Å². The number of hydrogen-bond donors (Lipinski definition) is 2. The lowest BCUT2D eigenvalue weighted by Gasteiger charge is -2.11. The maximum Gasteiger partial charge on any atom is 0.247 e. The Hall–Kier alpha value is -1.97. The zero-order valence-electron chi connectivity index (χ0n) is 9.27. The number of aryl methyl sites for hydroxylation is 2. The summed E-state index contributed by atoms with van der Waals surface area (Å²) in [6.07, 6.45) is 2.52. The number of hydrogen-bond acceptors (Lipinski definition) is 4. The molecule has 1 atom stereocenters. The van der Waals surface area contributed by atoms with Crippen molar-refractivity contribution in [1.29, 1.82) is 0 Å². The molecule has 0 amide bonds. The maximum atomic E-state index is 11.7. The lowest BCUT2D eigenvalue weighted by Crippen LogP contribution is -2.10. The number of ketones is 1. The highest BCUT2D eigenvalue weighted by molar-refractivity contribution is 5.99. The van der Waals surface area contributed by atoms with Crippen molar-refractivity contribution in [3.63, 3.8) is 0 Å². The molecule has 3 rings (SSSR count). The van der Waals surface area contributed by atoms with Crippen LogP contribution in [0.3, 0.4) is 0 Å². The molecule has 0 spiro atoms. The van der Waals surface area contributed by atoms with E-state index in [1.165, 1.54) is 11.1 Å². The first-order valence-electron chi connectivity index (χ1n) is 5.68. The van der Waals surface area contributed by atoms with Gasteiger partial charge in [-0.3, -0.25) is 4.79 Å². The van der Waals surface area contributed by atoms with E-state index in [2.05, 4.69) is 0 Å². The van der Waals surface area contributed by atoms with Crippen LogP contribution >= 0.6 is 0 Å². The van der Waals surface area contributed by atoms with E-state index in [-0.39, 0.29) is 5.88 Å². The molecular formula is C13H13NO3. The van der Waals surface area contributed by atoms with Crippen molar-refractivity contribution >= 4 is 5.78 Å². The van der Waals surface area contributed by atoms with Crippen molar-refractivity contribution in [3.05, 3.63) is 46.5 Å². The Bertz CT molecular complexity index is 533. The van der Waals surface area contributed by atoms with E-state index in [1.54, 1.807) is 0 Å². The molecule has 88 valence electrons. The Morgan fingerprint density at radius 2 is 2.06 bits per heavy atom. The third-order valence-corrected chi connectivity index (χ3v) is 3.38. The molecular weight excluding hydrogens is 218 g/mol. The van der Waals surface area contributed by atoms with E-state index in [4.69, 9.17) is 10.5 Å². The Labute approximate surface area is 98.7 Å². The fourth-order valence-electron chi connectivity index (χ4n) is 2.46. The average Bonchev–Trinajstić information content (AvgIpc) is 2.89. The van der Waals surface area contributed by atoms with E-state index in [1.807, 2.05) is 18.2 Å². The fraction of sp³-hybridized carbons (Fsp3) is 0.308. The highest BCUT2D eigenvalue weighted by atomic mass is 16.5. The van der Waals surface area contributed by atoms with Gasteiger partial charge in [-0.15, -0.1) is 0 Å². The van der Waals surface area contributed by atoms with Crippen molar-refractivity contribution in [1.82, 2.24) is 0 Å². The van der Waals surface area contributed by atoms with Gasteiger partial charge in [0.2, 0.25) is 17.4 Å². The summed E-state index contributed by atoms with van der Waals surface area (Å²) >= 11 is 0. The van der Waals surface area contributed by atoms with Crippen LogP contribution in [-0.2, 0) is 22.4 Å². The third-order valence-electron chi connectivity index (χ3n) is 3.38. The van der Waals surface area contributed by atoms with Crippen LogP contribution in [0.4, 0.5) is 0 Å². The number of benzene rings is 1. The molecule has 0 saturated heterocycles. The van der Waals surface area contributed by atoms with Gasteiger partial charge in [0.1, 0.15) is 0 Å². The molecule has 1 heterocycles. The molecule has 1 aromatic rings. The second kappa shape index (κ2) is 3.52. The van der Waals surface area contributed by atoms with E-state index < -0.39 is 17.6 Å². The van der Waals surface area contributed by atoms with Crippen molar-refractivity contribution in [2.45, 2.75) is 25.4 Å². The highest BCUT2D eigenvalue weighted by Crippen LogP contribution is 2.32. The number of rotatable bonds is 1. The summed E-state index contributed by atoms with van der Waals surface area (Å²) in [4.78, 5) is 11.7. The number of nitrogens with two attached hydrogens (primary N) is 1. The second-order valence-corrected chi connectivity index (χ2v) is 4.46. The molecule has 0 aromatic heterocycles. The van der Waals surface area contributed by atoms with E-state index in [0.29, 0.717) is 0 Å². The van der Waals surface area contributed by atoms with Crippen molar-refractivity contribution in [3.8, 4) is 0 Å². The minimum atomic E-state index is -0.777. The zero-order chi connectivity index (χ0) is 12.0. The van der Waals surface area contributed by atoms with Crippen molar-refractivity contribution < 1.29 is 14.6 Å². The zero-order valence-corrected chi connectivity index (χ0v) is 9.27. The minimum absolute atomic E-state index is 0.180. The van der Waals surface area contributed by atoms with Gasteiger partial charge in [-0.25, -0.2) is 0 Å². The molecule has 0 bridgehead atoms. The Balaban J connectivity index is 1.94. The molecule has 4 heteroatoms. The van der Waals surface area contributed by atoms with Gasteiger partial charge in [0, 0.05) is 5.56 Å². The lowest BCUT2D eigenvalue weighted by molar-refractivity contribution is -0.123. The fourth-order valence-corrected chi connectivity index (χ4v) is 2.46. The van der Waals surface area contributed by atoms with Gasteiger partial charge in [0.25, 0.3) is 0 Å². The summed E-state index contributed by atoms with van der Waals surface area (Å²) < 4.78 is 5.19. The molecule has 0 saturated carbocycles. The third kappa shape index (κ3) is 1.48. The van der Waals surface area contributed by atoms with Crippen LogP contribution in [0.5, 0.6) is 0 Å². The summed E-state index contributed by atoms with van der Waals surface area (Å²) in [6, 6.07) is 5.88. The molecule has 1 aromatic carbocycles. The molecule has 17 heavy (non-hydrogen) atoms. The molecule has 0 unspecified atom stereocenters. The van der Waals surface area contributed by atoms with Gasteiger partial charge < -0.3 is 15.6 Å². The van der Waals surface area contributed by atoms with Gasteiger partial charge in [-0.2, -0.15) is 0 Å². The number of fused-ring (bicyclic) bond motifs is 1. The molecule has 1 aliphatic carbocycles.